The Hall–Kier alpha value is -2.73. The summed E-state index contributed by atoms with van der Waals surface area (Å²) in [4.78, 5) is 28.5. The monoisotopic (exact) mass is 415 g/mol. The summed E-state index contributed by atoms with van der Waals surface area (Å²) in [6, 6.07) is 13.0. The van der Waals surface area contributed by atoms with E-state index in [1.807, 2.05) is 35.8 Å². The second kappa shape index (κ2) is 7.45. The van der Waals surface area contributed by atoms with Crippen molar-refractivity contribution in [3.8, 4) is 11.5 Å². The van der Waals surface area contributed by atoms with Gasteiger partial charge in [-0.25, -0.2) is 9.97 Å². The number of hydrogen-bond acceptors (Lipinski definition) is 5. The molecule has 3 aromatic rings. The predicted octanol–water partition coefficient (Wildman–Crippen LogP) is 3.78. The van der Waals surface area contributed by atoms with Crippen molar-refractivity contribution in [1.82, 2.24) is 19.4 Å². The molecule has 1 aliphatic carbocycles. The summed E-state index contributed by atoms with van der Waals surface area (Å²) in [5, 5.41) is 0.736. The second-order valence-corrected chi connectivity index (χ2v) is 9.33. The van der Waals surface area contributed by atoms with Gasteiger partial charge >= 0.3 is 0 Å². The molecule has 0 amide bonds. The summed E-state index contributed by atoms with van der Waals surface area (Å²) < 4.78 is 1.93. The third-order valence-electron chi connectivity index (χ3n) is 7.43. The summed E-state index contributed by atoms with van der Waals surface area (Å²) in [6.45, 7) is 6.51. The predicted molar refractivity (Wildman–Crippen MR) is 124 cm³/mol. The minimum atomic E-state index is 0.0812. The Morgan fingerprint density at radius 2 is 1.74 bits per heavy atom. The van der Waals surface area contributed by atoms with Gasteiger partial charge in [0.25, 0.3) is 5.56 Å². The number of aryl methyl sites for hydroxylation is 1. The molecule has 1 saturated carbocycles. The van der Waals surface area contributed by atoms with Crippen LogP contribution in [0.25, 0.3) is 22.4 Å². The molecule has 31 heavy (non-hydrogen) atoms. The molecule has 2 bridgehead atoms. The number of aromatic nitrogens is 3. The molecule has 3 aliphatic heterocycles. The molecule has 0 spiro atoms. The van der Waals surface area contributed by atoms with Crippen molar-refractivity contribution in [3.63, 3.8) is 0 Å². The van der Waals surface area contributed by atoms with E-state index in [1.54, 1.807) is 0 Å². The minimum Gasteiger partial charge on any atom is -0.367 e. The molecule has 1 aromatic carbocycles. The third-order valence-corrected chi connectivity index (χ3v) is 7.43. The van der Waals surface area contributed by atoms with Gasteiger partial charge in [0.2, 0.25) is 0 Å². The van der Waals surface area contributed by atoms with Crippen molar-refractivity contribution >= 4 is 16.6 Å². The molecular formula is C25H29N5O. The SMILES string of the molecule is Cc1cccc(-c2nc3ccc(N4CCN5CCC4CC5)cc3c(=O)n2C2CCC2)n1. The zero-order valence-electron chi connectivity index (χ0n) is 18.1. The quantitative estimate of drug-likeness (QED) is 0.652. The highest BCUT2D eigenvalue weighted by molar-refractivity contribution is 5.83. The lowest BCUT2D eigenvalue weighted by atomic mass is 9.92. The van der Waals surface area contributed by atoms with Gasteiger partial charge in [0, 0.05) is 49.6 Å². The van der Waals surface area contributed by atoms with Gasteiger partial charge < -0.3 is 9.80 Å². The lowest BCUT2D eigenvalue weighted by Gasteiger charge is -2.33. The summed E-state index contributed by atoms with van der Waals surface area (Å²) in [6.07, 6.45) is 5.66. The molecule has 160 valence electrons. The van der Waals surface area contributed by atoms with Crippen LogP contribution in [0.15, 0.2) is 41.2 Å². The minimum absolute atomic E-state index is 0.0812. The summed E-state index contributed by atoms with van der Waals surface area (Å²) in [5.41, 5.74) is 3.74. The first kappa shape index (κ1) is 19.0. The number of pyridine rings is 1. The van der Waals surface area contributed by atoms with Crippen molar-refractivity contribution in [2.45, 2.75) is 51.1 Å². The van der Waals surface area contributed by atoms with Crippen LogP contribution in [-0.4, -0.2) is 51.7 Å². The Labute approximate surface area is 182 Å². The molecule has 0 atom stereocenters. The van der Waals surface area contributed by atoms with E-state index in [4.69, 9.17) is 4.98 Å². The van der Waals surface area contributed by atoms with Gasteiger partial charge in [0.1, 0.15) is 5.69 Å². The van der Waals surface area contributed by atoms with Crippen LogP contribution in [0.1, 0.15) is 43.8 Å². The zero-order chi connectivity index (χ0) is 20.9. The maximum Gasteiger partial charge on any atom is 0.262 e. The molecule has 4 fully saturated rings. The summed E-state index contributed by atoms with van der Waals surface area (Å²) in [7, 11) is 0. The average Bonchev–Trinajstić information content (AvgIpc) is 3.08. The van der Waals surface area contributed by atoms with Crippen molar-refractivity contribution in [3.05, 3.63) is 52.4 Å². The Balaban J connectivity index is 1.50. The first-order chi connectivity index (χ1) is 15.2. The van der Waals surface area contributed by atoms with Crippen molar-refractivity contribution in [1.29, 1.82) is 0 Å². The number of hydrogen-bond donors (Lipinski definition) is 0. The van der Waals surface area contributed by atoms with Crippen molar-refractivity contribution in [2.75, 3.05) is 31.1 Å². The van der Waals surface area contributed by atoms with Gasteiger partial charge in [-0.1, -0.05) is 6.07 Å². The Morgan fingerprint density at radius 3 is 2.48 bits per heavy atom. The molecule has 5 heterocycles. The van der Waals surface area contributed by atoms with Gasteiger partial charge in [-0.3, -0.25) is 9.36 Å². The molecule has 4 aliphatic rings. The Bertz CT molecular complexity index is 1190. The topological polar surface area (TPSA) is 54.3 Å². The molecule has 6 heteroatoms. The molecular weight excluding hydrogens is 386 g/mol. The van der Waals surface area contributed by atoms with E-state index in [1.165, 1.54) is 38.0 Å². The largest absolute Gasteiger partial charge is 0.367 e. The highest BCUT2D eigenvalue weighted by atomic mass is 16.1. The molecule has 3 saturated heterocycles. The Kier molecular flexibility index (Phi) is 4.56. The van der Waals surface area contributed by atoms with Gasteiger partial charge in [0.05, 0.1) is 10.9 Å². The number of fused-ring (bicyclic) bond motifs is 5. The number of benzene rings is 1. The van der Waals surface area contributed by atoms with Crippen molar-refractivity contribution in [2.24, 2.45) is 0 Å². The van der Waals surface area contributed by atoms with E-state index in [-0.39, 0.29) is 11.6 Å². The number of rotatable bonds is 3. The molecule has 0 unspecified atom stereocenters. The van der Waals surface area contributed by atoms with Gasteiger partial charge in [-0.2, -0.15) is 0 Å². The number of nitrogens with zero attached hydrogens (tertiary/aromatic N) is 5. The fourth-order valence-electron chi connectivity index (χ4n) is 5.42. The van der Waals surface area contributed by atoms with E-state index in [0.29, 0.717) is 11.9 Å². The van der Waals surface area contributed by atoms with E-state index in [2.05, 4.69) is 26.9 Å². The van der Waals surface area contributed by atoms with Gasteiger partial charge in [-0.05, 0) is 69.4 Å². The number of piperidine rings is 1. The van der Waals surface area contributed by atoms with Crippen LogP contribution in [0.4, 0.5) is 5.69 Å². The van der Waals surface area contributed by atoms with E-state index >= 15 is 0 Å². The van der Waals surface area contributed by atoms with Crippen LogP contribution in [0, 0.1) is 6.92 Å². The highest BCUT2D eigenvalue weighted by Gasteiger charge is 2.30. The highest BCUT2D eigenvalue weighted by Crippen LogP contribution is 2.34. The Morgan fingerprint density at radius 1 is 0.903 bits per heavy atom. The van der Waals surface area contributed by atoms with Gasteiger partial charge in [-0.15, -0.1) is 0 Å². The van der Waals surface area contributed by atoms with Crippen molar-refractivity contribution < 1.29 is 0 Å². The fourth-order valence-corrected chi connectivity index (χ4v) is 5.42. The van der Waals surface area contributed by atoms with Crippen LogP contribution in [0.3, 0.4) is 0 Å². The normalized spacial score (nSPS) is 23.7. The lowest BCUT2D eigenvalue weighted by molar-refractivity contribution is 0.250. The molecule has 7 rings (SSSR count). The van der Waals surface area contributed by atoms with E-state index in [0.717, 1.165) is 48.2 Å². The number of anilines is 1. The van der Waals surface area contributed by atoms with Crippen LogP contribution in [0.2, 0.25) is 0 Å². The van der Waals surface area contributed by atoms with E-state index in [9.17, 15) is 4.79 Å². The van der Waals surface area contributed by atoms with Crippen LogP contribution < -0.4 is 10.5 Å². The second-order valence-electron chi connectivity index (χ2n) is 9.33. The standard InChI is InChI=1S/C25H29N5O/c1-17-4-2-7-23(26-17)24-27-22-9-8-20(29-15-14-28-12-10-18(29)11-13-28)16-21(22)25(31)30(24)19-5-3-6-19/h2,4,7-9,16,18-19H,3,5-6,10-15H2,1H3. The zero-order valence-corrected chi connectivity index (χ0v) is 18.1. The van der Waals surface area contributed by atoms with Crippen LogP contribution in [0.5, 0.6) is 0 Å². The smallest absolute Gasteiger partial charge is 0.262 e. The first-order valence-electron chi connectivity index (χ1n) is 11.7. The fraction of sp³-hybridized carbons (Fsp3) is 0.480. The van der Waals surface area contributed by atoms with Gasteiger partial charge in [0.15, 0.2) is 5.82 Å². The molecule has 0 N–H and O–H groups in total. The maximum atomic E-state index is 13.8. The lowest BCUT2D eigenvalue weighted by Crippen LogP contribution is -2.38. The average molecular weight is 416 g/mol. The first-order valence-corrected chi connectivity index (χ1v) is 11.7. The third kappa shape index (κ3) is 3.24. The summed E-state index contributed by atoms with van der Waals surface area (Å²) in [5.74, 6) is 0.708. The molecule has 2 aromatic heterocycles. The molecule has 6 nitrogen and oxygen atoms in total. The molecule has 0 radical (unpaired) electrons. The van der Waals surface area contributed by atoms with E-state index < -0.39 is 0 Å². The van der Waals surface area contributed by atoms with Crippen LogP contribution in [-0.2, 0) is 0 Å². The van der Waals surface area contributed by atoms with Crippen LogP contribution >= 0.6 is 0 Å². The maximum absolute atomic E-state index is 13.8. The summed E-state index contributed by atoms with van der Waals surface area (Å²) >= 11 is 0.